The van der Waals surface area contributed by atoms with Gasteiger partial charge < -0.3 is 25.0 Å². The van der Waals surface area contributed by atoms with Crippen LogP contribution in [-0.4, -0.2) is 90.1 Å². The molecule has 29 heavy (non-hydrogen) atoms. The molecule has 0 aliphatic carbocycles. The second-order valence-corrected chi connectivity index (χ2v) is 8.63. The first kappa shape index (κ1) is 22.6. The molecule has 160 valence electrons. The first-order chi connectivity index (χ1) is 13.5. The minimum absolute atomic E-state index is 0.00786. The van der Waals surface area contributed by atoms with Crippen LogP contribution in [0.1, 0.15) is 48.5 Å². The molecule has 0 atom stereocenters. The van der Waals surface area contributed by atoms with Crippen LogP contribution >= 0.6 is 0 Å². The normalized spacial score (nSPS) is 15.1. The van der Waals surface area contributed by atoms with E-state index in [1.54, 1.807) is 11.9 Å². The number of piperazine rings is 1. The largest absolute Gasteiger partial charge is 0.356 e. The summed E-state index contributed by atoms with van der Waals surface area (Å²) in [5.41, 5.74) is 0.461. The number of likely N-dealkylation sites (N-methyl/N-ethyl adjacent to an activating group) is 1. The molecule has 9 heteroatoms. The van der Waals surface area contributed by atoms with Crippen molar-refractivity contribution >= 4 is 23.5 Å². The van der Waals surface area contributed by atoms with Crippen molar-refractivity contribution in [1.82, 2.24) is 20.1 Å². The Morgan fingerprint density at radius 3 is 2.34 bits per heavy atom. The summed E-state index contributed by atoms with van der Waals surface area (Å²) >= 11 is 0. The average Bonchev–Trinajstić information content (AvgIpc) is 3.10. The van der Waals surface area contributed by atoms with Crippen LogP contribution in [0.5, 0.6) is 0 Å². The Labute approximate surface area is 171 Å². The predicted octanol–water partition coefficient (Wildman–Crippen LogP) is -1.07. The van der Waals surface area contributed by atoms with Crippen molar-refractivity contribution < 1.29 is 24.1 Å². The lowest BCUT2D eigenvalue weighted by molar-refractivity contribution is -0.896. The summed E-state index contributed by atoms with van der Waals surface area (Å²) in [4.78, 5) is 55.4. The van der Waals surface area contributed by atoms with Gasteiger partial charge in [0.2, 0.25) is 5.91 Å². The number of amides is 3. The Kier molecular flexibility index (Phi) is 7.18. The van der Waals surface area contributed by atoms with Gasteiger partial charge >= 0.3 is 0 Å². The Hall–Kier alpha value is -2.68. The van der Waals surface area contributed by atoms with Crippen LogP contribution in [0.4, 0.5) is 0 Å². The fraction of sp³-hybridized carbons (Fsp3) is 0.600. The van der Waals surface area contributed by atoms with Gasteiger partial charge in [0.15, 0.2) is 12.3 Å². The van der Waals surface area contributed by atoms with Crippen LogP contribution in [0.15, 0.2) is 12.3 Å². The predicted molar refractivity (Wildman–Crippen MR) is 108 cm³/mol. The molecule has 1 aliphatic rings. The Morgan fingerprint density at radius 1 is 1.21 bits per heavy atom. The summed E-state index contributed by atoms with van der Waals surface area (Å²) in [6.45, 7) is 10.1. The zero-order valence-corrected chi connectivity index (χ0v) is 17.9. The smallest absolute Gasteiger partial charge is 0.275 e. The van der Waals surface area contributed by atoms with Gasteiger partial charge in [-0.1, -0.05) is 0 Å². The standard InChI is InChI=1S/C20H31N5O4/c1-14(26)15-10-16(21-11-15)19(29)23(5)13-18(28)25-8-6-24(7-9-25)12-17(27)22-20(2,3)4/h10-11,21H,6-9,12-13H2,1-5H3,(H,22,27)/p+1. The number of hydrogen-bond acceptors (Lipinski definition) is 4. The molecule has 1 aromatic heterocycles. The third-order valence-corrected chi connectivity index (χ3v) is 4.79. The molecule has 9 nitrogen and oxygen atoms in total. The summed E-state index contributed by atoms with van der Waals surface area (Å²) in [7, 11) is 1.56. The van der Waals surface area contributed by atoms with Crippen LogP contribution in [0.25, 0.3) is 0 Å². The lowest BCUT2D eigenvalue weighted by atomic mass is 10.1. The highest BCUT2D eigenvalue weighted by atomic mass is 16.2. The van der Waals surface area contributed by atoms with Crippen molar-refractivity contribution in [2.45, 2.75) is 33.2 Å². The first-order valence-electron chi connectivity index (χ1n) is 9.83. The molecular formula is C20H32N5O4+. The average molecular weight is 407 g/mol. The molecule has 0 aromatic carbocycles. The van der Waals surface area contributed by atoms with E-state index in [4.69, 9.17) is 0 Å². The maximum atomic E-state index is 12.6. The van der Waals surface area contributed by atoms with Crippen molar-refractivity contribution in [3.8, 4) is 0 Å². The SMILES string of the molecule is CC(=O)c1c[nH]c(C(=O)N(C)CC(=O)N2CC[NH+](CC(=O)NC(C)(C)C)CC2)c1. The highest BCUT2D eigenvalue weighted by Crippen LogP contribution is 2.07. The molecule has 0 saturated carbocycles. The van der Waals surface area contributed by atoms with Crippen molar-refractivity contribution in [1.29, 1.82) is 0 Å². The second-order valence-electron chi connectivity index (χ2n) is 8.63. The number of aromatic amines is 1. The van der Waals surface area contributed by atoms with E-state index in [1.807, 2.05) is 20.8 Å². The fourth-order valence-electron chi connectivity index (χ4n) is 3.24. The van der Waals surface area contributed by atoms with Gasteiger partial charge in [-0.25, -0.2) is 0 Å². The maximum absolute atomic E-state index is 12.6. The van der Waals surface area contributed by atoms with E-state index >= 15 is 0 Å². The minimum atomic E-state index is -0.339. The molecule has 0 unspecified atom stereocenters. The van der Waals surface area contributed by atoms with Crippen LogP contribution in [0, 0.1) is 0 Å². The van der Waals surface area contributed by atoms with Gasteiger partial charge in [0, 0.05) is 24.3 Å². The maximum Gasteiger partial charge on any atom is 0.275 e. The molecule has 0 radical (unpaired) electrons. The van der Waals surface area contributed by atoms with E-state index in [-0.39, 0.29) is 41.3 Å². The van der Waals surface area contributed by atoms with Crippen molar-refractivity contribution in [2.75, 3.05) is 46.3 Å². The Balaban J connectivity index is 1.80. The van der Waals surface area contributed by atoms with E-state index in [0.29, 0.717) is 38.3 Å². The van der Waals surface area contributed by atoms with Gasteiger partial charge in [0.1, 0.15) is 5.69 Å². The Bertz CT molecular complexity index is 772. The van der Waals surface area contributed by atoms with Gasteiger partial charge in [-0.05, 0) is 33.8 Å². The third-order valence-electron chi connectivity index (χ3n) is 4.79. The Morgan fingerprint density at radius 2 is 1.83 bits per heavy atom. The number of aromatic nitrogens is 1. The lowest BCUT2D eigenvalue weighted by Crippen LogP contribution is -3.16. The molecule has 0 bridgehead atoms. The summed E-state index contributed by atoms with van der Waals surface area (Å²) < 4.78 is 0. The molecule has 1 fully saturated rings. The van der Waals surface area contributed by atoms with Crippen LogP contribution in [0.2, 0.25) is 0 Å². The first-order valence-corrected chi connectivity index (χ1v) is 9.83. The summed E-state index contributed by atoms with van der Waals surface area (Å²) in [5, 5.41) is 2.95. The number of ketones is 1. The van der Waals surface area contributed by atoms with E-state index < -0.39 is 0 Å². The fourth-order valence-corrected chi connectivity index (χ4v) is 3.24. The number of rotatable bonds is 6. The number of hydrogen-bond donors (Lipinski definition) is 3. The number of H-pyrrole nitrogens is 1. The van der Waals surface area contributed by atoms with Crippen molar-refractivity contribution in [3.63, 3.8) is 0 Å². The van der Waals surface area contributed by atoms with E-state index in [2.05, 4.69) is 10.3 Å². The molecule has 1 aliphatic heterocycles. The molecule has 1 aromatic rings. The number of carbonyl (C=O) groups is 4. The van der Waals surface area contributed by atoms with Gasteiger partial charge in [-0.15, -0.1) is 0 Å². The molecule has 3 N–H and O–H groups in total. The molecule has 2 heterocycles. The monoisotopic (exact) mass is 406 g/mol. The van der Waals surface area contributed by atoms with Gasteiger partial charge in [-0.3, -0.25) is 19.2 Å². The van der Waals surface area contributed by atoms with Gasteiger partial charge in [-0.2, -0.15) is 0 Å². The van der Waals surface area contributed by atoms with Gasteiger partial charge in [0.05, 0.1) is 32.7 Å². The molecule has 3 amide bonds. The summed E-state index contributed by atoms with van der Waals surface area (Å²) in [6.07, 6.45) is 1.49. The van der Waals surface area contributed by atoms with Crippen LogP contribution in [-0.2, 0) is 9.59 Å². The zero-order valence-electron chi connectivity index (χ0n) is 17.9. The van der Waals surface area contributed by atoms with Crippen molar-refractivity contribution in [2.24, 2.45) is 0 Å². The molecule has 2 rings (SSSR count). The highest BCUT2D eigenvalue weighted by molar-refractivity contribution is 5.99. The third kappa shape index (κ3) is 6.70. The molecule has 1 saturated heterocycles. The zero-order chi connectivity index (χ0) is 21.8. The van der Waals surface area contributed by atoms with Crippen LogP contribution in [0.3, 0.4) is 0 Å². The quantitative estimate of drug-likeness (QED) is 0.523. The molecular weight excluding hydrogens is 374 g/mol. The number of Topliss-reactive ketones (excluding diaryl/α,β-unsaturated/α-hetero) is 1. The van der Waals surface area contributed by atoms with E-state index in [9.17, 15) is 19.2 Å². The number of quaternary nitrogens is 1. The number of nitrogens with one attached hydrogen (secondary N) is 3. The number of carbonyl (C=O) groups excluding carboxylic acids is 4. The highest BCUT2D eigenvalue weighted by Gasteiger charge is 2.27. The lowest BCUT2D eigenvalue weighted by Gasteiger charge is -2.33. The minimum Gasteiger partial charge on any atom is -0.356 e. The molecule has 0 spiro atoms. The van der Waals surface area contributed by atoms with Crippen molar-refractivity contribution in [3.05, 3.63) is 23.5 Å². The summed E-state index contributed by atoms with van der Waals surface area (Å²) in [5.74, 6) is -0.588. The number of nitrogens with zero attached hydrogens (tertiary/aromatic N) is 2. The van der Waals surface area contributed by atoms with E-state index in [1.165, 1.54) is 24.1 Å². The second kappa shape index (κ2) is 9.21. The van der Waals surface area contributed by atoms with Gasteiger partial charge in [0.25, 0.3) is 11.8 Å². The van der Waals surface area contributed by atoms with Crippen LogP contribution < -0.4 is 10.2 Å². The summed E-state index contributed by atoms with van der Waals surface area (Å²) in [6, 6.07) is 1.50. The van der Waals surface area contributed by atoms with E-state index in [0.717, 1.165) is 4.90 Å². The topological polar surface area (TPSA) is 107 Å².